The molecule has 3 saturated heterocycles. The highest BCUT2D eigenvalue weighted by molar-refractivity contribution is 5.76. The van der Waals surface area contributed by atoms with Crippen LogP contribution >= 0.6 is 0 Å². The molecule has 0 aromatic carbocycles. The van der Waals surface area contributed by atoms with Crippen LogP contribution in [0.2, 0.25) is 0 Å². The Morgan fingerprint density at radius 3 is 1.21 bits per heavy atom. The summed E-state index contributed by atoms with van der Waals surface area (Å²) >= 11 is 0. The van der Waals surface area contributed by atoms with Gasteiger partial charge in [-0.25, -0.2) is 0 Å². The number of carbonyl (C=O) groups is 1. The van der Waals surface area contributed by atoms with Crippen LogP contribution in [0, 0.1) is 0 Å². The lowest BCUT2D eigenvalue weighted by molar-refractivity contribution is -0.379. The smallest absolute Gasteiger partial charge is 0.220 e. The van der Waals surface area contributed by atoms with E-state index in [0.717, 1.165) is 64.2 Å². The van der Waals surface area contributed by atoms with Crippen LogP contribution in [0.4, 0.5) is 0 Å². The summed E-state index contributed by atoms with van der Waals surface area (Å²) in [5.41, 5.74) is 0. The molecule has 0 bridgehead atoms. The predicted molar refractivity (Wildman–Crippen MR) is 305 cm³/mol. The van der Waals surface area contributed by atoms with Crippen LogP contribution < -0.4 is 5.32 Å². The molecular weight excluding hydrogens is 1030 g/mol. The number of rotatable bonds is 48. The zero-order chi connectivity index (χ0) is 58.3. The van der Waals surface area contributed by atoms with E-state index >= 15 is 0 Å². The molecule has 3 rings (SSSR count). The number of nitrogens with one attached hydrogen (secondary N) is 1. The van der Waals surface area contributed by atoms with E-state index in [1.54, 1.807) is 0 Å². The quantitative estimate of drug-likeness (QED) is 0.0227. The number of unbranched alkanes of at least 4 members (excludes halogenated alkanes) is 30. The van der Waals surface area contributed by atoms with Gasteiger partial charge in [-0.1, -0.05) is 206 Å². The highest BCUT2D eigenvalue weighted by atomic mass is 16.8. The molecule has 0 aromatic heterocycles. The van der Waals surface area contributed by atoms with Gasteiger partial charge in [-0.15, -0.1) is 0 Å². The Morgan fingerprint density at radius 2 is 0.787 bits per heavy atom. The van der Waals surface area contributed by atoms with Gasteiger partial charge in [0.15, 0.2) is 18.9 Å². The van der Waals surface area contributed by atoms with Crippen molar-refractivity contribution in [3.8, 4) is 0 Å². The largest absolute Gasteiger partial charge is 0.394 e. The predicted octanol–water partition coefficient (Wildman–Crippen LogP) is 6.55. The van der Waals surface area contributed by atoms with E-state index in [1.165, 1.54) is 141 Å². The van der Waals surface area contributed by atoms with Crippen molar-refractivity contribution in [3.05, 3.63) is 12.2 Å². The monoisotopic (exact) mass is 1150 g/mol. The zero-order valence-electron chi connectivity index (χ0n) is 49.3. The van der Waals surface area contributed by atoms with Gasteiger partial charge in [0.2, 0.25) is 5.91 Å². The molecule has 3 aliphatic heterocycles. The van der Waals surface area contributed by atoms with E-state index < -0.39 is 124 Å². The summed E-state index contributed by atoms with van der Waals surface area (Å²) in [7, 11) is 0. The molecule has 0 aliphatic carbocycles. The fourth-order valence-electron chi connectivity index (χ4n) is 11.1. The third-order valence-electron chi connectivity index (χ3n) is 16.3. The molecule has 1 amide bonds. The molecule has 0 spiro atoms. The number of allylic oxidation sites excluding steroid dienone is 2. The fourth-order valence-corrected chi connectivity index (χ4v) is 11.1. The van der Waals surface area contributed by atoms with Crippen molar-refractivity contribution < 1.29 is 89.4 Å². The lowest BCUT2D eigenvalue weighted by atomic mass is 9.96. The molecule has 17 unspecified atom stereocenters. The maximum atomic E-state index is 13.4. The van der Waals surface area contributed by atoms with E-state index in [4.69, 9.17) is 28.4 Å². The molecule has 12 N–H and O–H groups in total. The highest BCUT2D eigenvalue weighted by Gasteiger charge is 2.53. The van der Waals surface area contributed by atoms with Gasteiger partial charge in [0.25, 0.3) is 0 Å². The second-order valence-corrected chi connectivity index (χ2v) is 23.2. The van der Waals surface area contributed by atoms with Crippen molar-refractivity contribution in [1.82, 2.24) is 5.32 Å². The summed E-state index contributed by atoms with van der Waals surface area (Å²) in [6.45, 7) is 1.80. The van der Waals surface area contributed by atoms with Crippen LogP contribution in [0.25, 0.3) is 0 Å². The average molecular weight is 1150 g/mol. The molecule has 17 atom stereocenters. The molecule has 0 saturated carbocycles. The molecular formula is C61H115NO18. The highest BCUT2D eigenvalue weighted by Crippen LogP contribution is 2.33. The minimum absolute atomic E-state index is 0.249. The molecule has 472 valence electrons. The summed E-state index contributed by atoms with van der Waals surface area (Å²) in [6, 6.07) is -0.888. The van der Waals surface area contributed by atoms with E-state index in [-0.39, 0.29) is 18.9 Å². The lowest BCUT2D eigenvalue weighted by Gasteiger charge is -2.48. The second kappa shape index (κ2) is 44.9. The Bertz CT molecular complexity index is 1510. The van der Waals surface area contributed by atoms with Crippen molar-refractivity contribution in [1.29, 1.82) is 0 Å². The Balaban J connectivity index is 1.47. The number of carbonyl (C=O) groups excluding carboxylic acids is 1. The number of ether oxygens (including phenoxy) is 6. The zero-order valence-corrected chi connectivity index (χ0v) is 49.3. The third-order valence-corrected chi connectivity index (χ3v) is 16.3. The summed E-state index contributed by atoms with van der Waals surface area (Å²) < 4.78 is 34.3. The van der Waals surface area contributed by atoms with Crippen LogP contribution in [0.5, 0.6) is 0 Å². The molecule has 3 fully saturated rings. The normalized spacial score (nSPS) is 30.0. The van der Waals surface area contributed by atoms with E-state index in [0.29, 0.717) is 12.8 Å². The second-order valence-electron chi connectivity index (χ2n) is 23.2. The maximum absolute atomic E-state index is 13.4. The minimum atomic E-state index is -1.97. The summed E-state index contributed by atoms with van der Waals surface area (Å²) in [6.07, 6.45) is 18.6. The van der Waals surface area contributed by atoms with Gasteiger partial charge < -0.3 is 89.9 Å². The van der Waals surface area contributed by atoms with Crippen molar-refractivity contribution >= 4 is 5.91 Å². The molecule has 0 radical (unpaired) electrons. The molecule has 3 aliphatic rings. The van der Waals surface area contributed by atoms with Crippen LogP contribution in [-0.2, 0) is 33.2 Å². The van der Waals surface area contributed by atoms with E-state index in [2.05, 4.69) is 31.3 Å². The maximum Gasteiger partial charge on any atom is 0.220 e. The molecule has 0 aromatic rings. The van der Waals surface area contributed by atoms with Gasteiger partial charge in [0.05, 0.1) is 38.6 Å². The van der Waals surface area contributed by atoms with Crippen molar-refractivity contribution in [2.24, 2.45) is 0 Å². The van der Waals surface area contributed by atoms with E-state index in [1.807, 2.05) is 0 Å². The minimum Gasteiger partial charge on any atom is -0.394 e. The van der Waals surface area contributed by atoms with Gasteiger partial charge in [-0.05, 0) is 38.5 Å². The SMILES string of the molecule is CCCCCCCC/C=C\CCCCCCCC(=O)NC(COC1OC(CO)C(OC2OC(CO)C(OC3OC(CO)C(O)C(O)C3O)C(O)C2O)C(O)C1O)C(O)CCCCCCCCCCCCCCCCCCCCCC. The van der Waals surface area contributed by atoms with Crippen LogP contribution in [0.1, 0.15) is 239 Å². The summed E-state index contributed by atoms with van der Waals surface area (Å²) in [5.74, 6) is -0.249. The van der Waals surface area contributed by atoms with Gasteiger partial charge in [0, 0.05) is 6.42 Å². The molecule has 19 heteroatoms. The standard InChI is InChI=1S/C61H115NO18/c1-3-5-7-9-11-13-15-17-19-20-21-22-23-25-26-28-30-32-34-36-38-45(66)44(62-49(67)39-37-35-33-31-29-27-24-18-16-14-12-10-8-6-4-2)43-75-59-55(73)52(70)57(47(41-64)77-59)80-61-56(74)53(71)58(48(42-65)78-61)79-60-54(72)51(69)50(68)46(40-63)76-60/h18,24,44-48,50-61,63-66,68-74H,3-17,19-23,25-43H2,1-2H3,(H,62,67)/b24-18-. The first-order chi connectivity index (χ1) is 38.8. The third kappa shape index (κ3) is 28.2. The Hall–Kier alpha value is -1.47. The van der Waals surface area contributed by atoms with Gasteiger partial charge >= 0.3 is 0 Å². The van der Waals surface area contributed by atoms with Crippen LogP contribution in [-0.4, -0.2) is 193 Å². The number of aliphatic hydroxyl groups is 11. The summed E-state index contributed by atoms with van der Waals surface area (Å²) in [5, 5.41) is 120. The molecule has 80 heavy (non-hydrogen) atoms. The fraction of sp³-hybridized carbons (Fsp3) is 0.951. The topological polar surface area (TPSA) is 307 Å². The van der Waals surface area contributed by atoms with Crippen molar-refractivity contribution in [2.75, 3.05) is 26.4 Å². The first-order valence-corrected chi connectivity index (χ1v) is 31.9. The number of aliphatic hydroxyl groups excluding tert-OH is 11. The number of amides is 1. The molecule has 19 nitrogen and oxygen atoms in total. The van der Waals surface area contributed by atoms with Gasteiger partial charge in [0.1, 0.15) is 73.2 Å². The molecule has 3 heterocycles. The van der Waals surface area contributed by atoms with Crippen molar-refractivity contribution in [3.63, 3.8) is 0 Å². The first kappa shape index (κ1) is 72.8. The first-order valence-electron chi connectivity index (χ1n) is 31.9. The van der Waals surface area contributed by atoms with Crippen LogP contribution in [0.15, 0.2) is 12.2 Å². The van der Waals surface area contributed by atoms with E-state index in [9.17, 15) is 61.0 Å². The lowest BCUT2D eigenvalue weighted by Crippen LogP contribution is -2.66. The Labute approximate surface area is 480 Å². The Morgan fingerprint density at radius 1 is 0.438 bits per heavy atom. The summed E-state index contributed by atoms with van der Waals surface area (Å²) in [4.78, 5) is 13.4. The van der Waals surface area contributed by atoms with Gasteiger partial charge in [-0.2, -0.15) is 0 Å². The van der Waals surface area contributed by atoms with Gasteiger partial charge in [-0.3, -0.25) is 4.79 Å². The van der Waals surface area contributed by atoms with Crippen molar-refractivity contribution in [2.45, 2.75) is 343 Å². The van der Waals surface area contributed by atoms with Crippen LogP contribution in [0.3, 0.4) is 0 Å². The number of hydrogen-bond donors (Lipinski definition) is 12. The average Bonchev–Trinajstić information content (AvgIpc) is 3.50. The Kier molecular flexibility index (Phi) is 40.9. The number of hydrogen-bond acceptors (Lipinski definition) is 18.